The number of carbonyl (C=O) groups is 1. The summed E-state index contributed by atoms with van der Waals surface area (Å²) in [7, 11) is 0. The lowest BCUT2D eigenvalue weighted by Gasteiger charge is -2.62. The molecule has 1 saturated heterocycles. The van der Waals surface area contributed by atoms with Gasteiger partial charge in [-0.2, -0.15) is 0 Å². The number of ketones is 1. The zero-order chi connectivity index (χ0) is 17.9. The highest BCUT2D eigenvalue weighted by molar-refractivity contribution is 5.90. The number of Topliss-reactive ketones (excluding diaryl/α,β-unsaturated/α-hetero) is 1. The summed E-state index contributed by atoms with van der Waals surface area (Å²) in [5.74, 6) is -0.253. The van der Waals surface area contributed by atoms with Gasteiger partial charge in [0.1, 0.15) is 30.0 Å². The average Bonchev–Trinajstić information content (AvgIpc) is 2.54. The zero-order valence-corrected chi connectivity index (χ0v) is 13.8. The molecule has 0 unspecified atom stereocenters. The van der Waals surface area contributed by atoms with Crippen LogP contribution in [0.2, 0.25) is 0 Å². The van der Waals surface area contributed by atoms with Crippen molar-refractivity contribution in [3.63, 3.8) is 0 Å². The van der Waals surface area contributed by atoms with Crippen LogP contribution in [0.5, 0.6) is 0 Å². The van der Waals surface area contributed by atoms with E-state index in [1.54, 1.807) is 0 Å². The summed E-state index contributed by atoms with van der Waals surface area (Å²) in [6.07, 6.45) is -5.98. The first-order valence-electron chi connectivity index (χ1n) is 8.30. The molecule has 8 heteroatoms. The van der Waals surface area contributed by atoms with Crippen molar-refractivity contribution >= 4 is 5.78 Å². The Morgan fingerprint density at radius 3 is 2.46 bits per heavy atom. The van der Waals surface area contributed by atoms with Crippen molar-refractivity contribution in [2.24, 2.45) is 17.3 Å². The Hall–Kier alpha value is -0.610. The van der Waals surface area contributed by atoms with Gasteiger partial charge in [0, 0.05) is 12.3 Å². The van der Waals surface area contributed by atoms with E-state index in [4.69, 9.17) is 9.47 Å². The number of carbonyl (C=O) groups excluding carboxylic acids is 1. The summed E-state index contributed by atoms with van der Waals surface area (Å²) in [6, 6.07) is 0. The fourth-order valence-electron chi connectivity index (χ4n) is 4.36. The van der Waals surface area contributed by atoms with Crippen LogP contribution in [0.25, 0.3) is 0 Å². The highest BCUT2D eigenvalue weighted by Crippen LogP contribution is 2.61. The quantitative estimate of drug-likeness (QED) is 0.401. The maximum Gasteiger partial charge on any atom is 0.186 e. The third-order valence-electron chi connectivity index (χ3n) is 6.28. The minimum atomic E-state index is -1.66. The molecule has 8 atom stereocenters. The Kier molecular flexibility index (Phi) is 4.53. The molecule has 2 bridgehead atoms. The zero-order valence-electron chi connectivity index (χ0n) is 13.8. The van der Waals surface area contributed by atoms with Crippen molar-refractivity contribution in [3.05, 3.63) is 0 Å². The van der Waals surface area contributed by atoms with Crippen LogP contribution in [0.1, 0.15) is 26.7 Å². The fourth-order valence-corrected chi connectivity index (χ4v) is 4.36. The molecule has 24 heavy (non-hydrogen) atoms. The molecule has 1 heterocycles. The van der Waals surface area contributed by atoms with Crippen LogP contribution in [-0.4, -0.2) is 80.8 Å². The molecule has 138 valence electrons. The molecular weight excluding hydrogens is 320 g/mol. The van der Waals surface area contributed by atoms with Crippen molar-refractivity contribution in [2.45, 2.75) is 63.0 Å². The topological polar surface area (TPSA) is 137 Å². The van der Waals surface area contributed by atoms with Crippen LogP contribution >= 0.6 is 0 Å². The summed E-state index contributed by atoms with van der Waals surface area (Å²) in [5, 5.41) is 49.5. The predicted octanol–water partition coefficient (Wildman–Crippen LogP) is -1.83. The second kappa shape index (κ2) is 5.98. The molecule has 0 spiro atoms. The molecule has 1 aliphatic heterocycles. The van der Waals surface area contributed by atoms with Gasteiger partial charge in [-0.15, -0.1) is 0 Å². The summed E-state index contributed by atoms with van der Waals surface area (Å²) >= 11 is 0. The maximum absolute atomic E-state index is 12.3. The van der Waals surface area contributed by atoms with Gasteiger partial charge >= 0.3 is 0 Å². The van der Waals surface area contributed by atoms with E-state index in [1.807, 2.05) is 13.8 Å². The number of aliphatic hydroxyl groups excluding tert-OH is 4. The van der Waals surface area contributed by atoms with Crippen LogP contribution in [0, 0.1) is 17.3 Å². The lowest BCUT2D eigenvalue weighted by molar-refractivity contribution is -0.314. The Bertz CT molecular complexity index is 506. The van der Waals surface area contributed by atoms with Crippen LogP contribution in [-0.2, 0) is 14.3 Å². The van der Waals surface area contributed by atoms with Crippen molar-refractivity contribution in [2.75, 3.05) is 13.2 Å². The minimum Gasteiger partial charge on any atom is -0.394 e. The molecule has 3 aliphatic carbocycles. The van der Waals surface area contributed by atoms with Gasteiger partial charge in [0.05, 0.1) is 13.2 Å². The summed E-state index contributed by atoms with van der Waals surface area (Å²) in [6.45, 7) is 3.09. The van der Waals surface area contributed by atoms with Gasteiger partial charge in [-0.1, -0.05) is 13.8 Å². The SMILES string of the molecule is CC1(C)[C@H]2CC(=O)[C@@](O)(CO[C@@H]3O[C@H](CO)[C@@H](O)[C@H](O)[C@H]3O)[C@@H]1C2. The second-order valence-electron chi connectivity index (χ2n) is 7.87. The monoisotopic (exact) mass is 346 g/mol. The lowest BCUT2D eigenvalue weighted by Crippen LogP contribution is -2.68. The number of hydrogen-bond acceptors (Lipinski definition) is 8. The Labute approximate surface area is 140 Å². The van der Waals surface area contributed by atoms with Gasteiger partial charge in [-0.05, 0) is 17.8 Å². The molecule has 3 saturated carbocycles. The molecule has 0 aromatic heterocycles. The number of aliphatic hydroxyl groups is 5. The Balaban J connectivity index is 1.69. The van der Waals surface area contributed by atoms with E-state index in [0.717, 1.165) is 6.42 Å². The first kappa shape index (κ1) is 18.2. The molecule has 4 aliphatic rings. The van der Waals surface area contributed by atoms with Crippen molar-refractivity contribution in [3.8, 4) is 0 Å². The summed E-state index contributed by atoms with van der Waals surface area (Å²) in [5.41, 5.74) is -1.82. The third-order valence-corrected chi connectivity index (χ3v) is 6.28. The van der Waals surface area contributed by atoms with Gasteiger partial charge in [0.15, 0.2) is 12.1 Å². The fraction of sp³-hybridized carbons (Fsp3) is 0.938. The van der Waals surface area contributed by atoms with Gasteiger partial charge in [-0.25, -0.2) is 0 Å². The van der Waals surface area contributed by atoms with Gasteiger partial charge in [0.25, 0.3) is 0 Å². The van der Waals surface area contributed by atoms with Gasteiger partial charge in [0.2, 0.25) is 0 Å². The molecular formula is C16H26O8. The predicted molar refractivity (Wildman–Crippen MR) is 79.7 cm³/mol. The molecule has 0 aromatic rings. The van der Waals surface area contributed by atoms with Crippen molar-refractivity contribution in [1.29, 1.82) is 0 Å². The molecule has 5 N–H and O–H groups in total. The summed E-state index contributed by atoms with van der Waals surface area (Å²) < 4.78 is 10.7. The smallest absolute Gasteiger partial charge is 0.186 e. The second-order valence-corrected chi connectivity index (χ2v) is 7.87. The van der Waals surface area contributed by atoms with Crippen LogP contribution in [0.15, 0.2) is 0 Å². The van der Waals surface area contributed by atoms with Gasteiger partial charge in [-0.3, -0.25) is 4.79 Å². The van der Waals surface area contributed by atoms with Crippen LogP contribution < -0.4 is 0 Å². The Morgan fingerprint density at radius 2 is 1.88 bits per heavy atom. The number of rotatable bonds is 4. The third kappa shape index (κ3) is 2.52. The summed E-state index contributed by atoms with van der Waals surface area (Å²) in [4.78, 5) is 12.3. The minimum absolute atomic E-state index is 0.165. The van der Waals surface area contributed by atoms with Crippen LogP contribution in [0.4, 0.5) is 0 Å². The molecule has 4 rings (SSSR count). The van der Waals surface area contributed by atoms with Crippen molar-refractivity contribution in [1.82, 2.24) is 0 Å². The van der Waals surface area contributed by atoms with E-state index in [9.17, 15) is 30.3 Å². The number of ether oxygens (including phenoxy) is 2. The molecule has 0 amide bonds. The molecule has 4 fully saturated rings. The molecule has 0 radical (unpaired) electrons. The first-order chi connectivity index (χ1) is 11.1. The highest BCUT2D eigenvalue weighted by atomic mass is 16.7. The molecule has 0 aromatic carbocycles. The number of fused-ring (bicyclic) bond motifs is 2. The van der Waals surface area contributed by atoms with E-state index in [1.165, 1.54) is 0 Å². The van der Waals surface area contributed by atoms with E-state index >= 15 is 0 Å². The lowest BCUT2D eigenvalue weighted by atomic mass is 9.44. The van der Waals surface area contributed by atoms with Crippen LogP contribution in [0.3, 0.4) is 0 Å². The maximum atomic E-state index is 12.3. The highest BCUT2D eigenvalue weighted by Gasteiger charge is 2.65. The van der Waals surface area contributed by atoms with E-state index < -0.39 is 42.9 Å². The van der Waals surface area contributed by atoms with Gasteiger partial charge < -0.3 is 35.0 Å². The van der Waals surface area contributed by atoms with E-state index in [2.05, 4.69) is 0 Å². The Morgan fingerprint density at radius 1 is 1.21 bits per heavy atom. The van der Waals surface area contributed by atoms with Crippen molar-refractivity contribution < 1.29 is 39.8 Å². The standard InChI is InChI=1S/C16H26O8/c1-15(2)7-3-9(15)16(22,10(18)4-7)6-23-14-13(21)12(20)11(19)8(5-17)24-14/h7-9,11-14,17,19-22H,3-6H2,1-2H3/t7-,8-,9-,11-,12+,13-,14-,16-/m1/s1. The van der Waals surface area contributed by atoms with E-state index in [0.29, 0.717) is 0 Å². The largest absolute Gasteiger partial charge is 0.394 e. The van der Waals surface area contributed by atoms with E-state index in [-0.39, 0.29) is 36.1 Å². The normalized spacial score (nSPS) is 50.5. The first-order valence-corrected chi connectivity index (χ1v) is 8.30. The average molecular weight is 346 g/mol. The number of hydrogen-bond donors (Lipinski definition) is 5. The molecule has 8 nitrogen and oxygen atoms in total.